The molecule has 0 radical (unpaired) electrons. The summed E-state index contributed by atoms with van der Waals surface area (Å²) in [7, 11) is 0. The lowest BCUT2D eigenvalue weighted by atomic mass is 10.1. The zero-order chi connectivity index (χ0) is 11.1. The number of fused-ring (bicyclic) bond motifs is 1. The lowest BCUT2D eigenvalue weighted by Gasteiger charge is -2.10. The third kappa shape index (κ3) is 1.36. The Balaban J connectivity index is 2.11. The average Bonchev–Trinajstić information content (AvgIpc) is 2.84. The first kappa shape index (κ1) is 9.59. The fraction of sp³-hybridized carbons (Fsp3) is 0.455. The van der Waals surface area contributed by atoms with Gasteiger partial charge in [-0.15, -0.1) is 0 Å². The minimum absolute atomic E-state index is 0.560. The van der Waals surface area contributed by atoms with Crippen LogP contribution in [0.5, 0.6) is 0 Å². The Labute approximate surface area is 93.5 Å². The van der Waals surface area contributed by atoms with Crippen LogP contribution in [0.2, 0.25) is 0 Å². The molecular weight excluding hydrogens is 204 g/mol. The van der Waals surface area contributed by atoms with Crippen LogP contribution in [0.3, 0.4) is 0 Å². The molecule has 0 fully saturated rings. The van der Waals surface area contributed by atoms with Crippen molar-refractivity contribution < 1.29 is 4.42 Å². The third-order valence-corrected chi connectivity index (χ3v) is 2.96. The summed E-state index contributed by atoms with van der Waals surface area (Å²) in [5, 5.41) is 7.84. The molecule has 0 bridgehead atoms. The van der Waals surface area contributed by atoms with Crippen molar-refractivity contribution in [2.24, 2.45) is 0 Å². The van der Waals surface area contributed by atoms with Crippen molar-refractivity contribution in [3.63, 3.8) is 0 Å². The minimum atomic E-state index is 0.560. The number of nitrogens with one attached hydrogen (secondary N) is 1. The molecule has 2 aromatic rings. The first-order valence-electron chi connectivity index (χ1n) is 5.46. The topological polar surface area (TPSA) is 55.9 Å². The molecular formula is C11H14N4O. The molecule has 0 spiro atoms. The highest BCUT2D eigenvalue weighted by atomic mass is 16.4. The summed E-state index contributed by atoms with van der Waals surface area (Å²) in [5.74, 6) is 0. The number of hydrogen-bond donors (Lipinski definition) is 1. The van der Waals surface area contributed by atoms with E-state index < -0.39 is 0 Å². The van der Waals surface area contributed by atoms with Crippen molar-refractivity contribution in [2.45, 2.75) is 26.8 Å². The number of aryl methyl sites for hydroxylation is 1. The lowest BCUT2D eigenvalue weighted by Crippen LogP contribution is -2.23. The Morgan fingerprint density at radius 3 is 3.00 bits per heavy atom. The molecule has 0 amide bonds. The second-order valence-corrected chi connectivity index (χ2v) is 4.12. The van der Waals surface area contributed by atoms with Crippen LogP contribution in [-0.4, -0.2) is 21.3 Å². The van der Waals surface area contributed by atoms with Gasteiger partial charge in [0.05, 0.1) is 11.4 Å². The number of nitrogens with zero attached hydrogens (tertiary/aromatic N) is 3. The molecule has 0 unspecified atom stereocenters. The Kier molecular flexibility index (Phi) is 2.07. The van der Waals surface area contributed by atoms with E-state index in [9.17, 15) is 0 Å². The molecule has 1 N–H and O–H groups in total. The van der Waals surface area contributed by atoms with E-state index in [0.29, 0.717) is 6.01 Å². The molecule has 3 rings (SSSR count). The van der Waals surface area contributed by atoms with Crippen molar-refractivity contribution in [3.05, 3.63) is 28.9 Å². The second-order valence-electron chi connectivity index (χ2n) is 4.12. The van der Waals surface area contributed by atoms with E-state index in [0.717, 1.165) is 36.6 Å². The minimum Gasteiger partial charge on any atom is -0.430 e. The maximum atomic E-state index is 5.38. The van der Waals surface area contributed by atoms with Gasteiger partial charge in [-0.25, -0.2) is 0 Å². The predicted octanol–water partition coefficient (Wildman–Crippen LogP) is 1.12. The fourth-order valence-electron chi connectivity index (χ4n) is 2.11. The molecule has 1 aliphatic heterocycles. The van der Waals surface area contributed by atoms with E-state index in [2.05, 4.69) is 22.3 Å². The van der Waals surface area contributed by atoms with E-state index in [-0.39, 0.29) is 0 Å². The highest BCUT2D eigenvalue weighted by molar-refractivity contribution is 5.31. The van der Waals surface area contributed by atoms with Crippen LogP contribution in [0.15, 0.2) is 10.7 Å². The molecule has 16 heavy (non-hydrogen) atoms. The largest absolute Gasteiger partial charge is 0.430 e. The number of aromatic nitrogens is 3. The molecule has 0 saturated heterocycles. The monoisotopic (exact) mass is 218 g/mol. The Morgan fingerprint density at radius 1 is 1.44 bits per heavy atom. The quantitative estimate of drug-likeness (QED) is 0.779. The molecule has 0 aliphatic carbocycles. The van der Waals surface area contributed by atoms with Gasteiger partial charge in [0, 0.05) is 12.2 Å². The van der Waals surface area contributed by atoms with Gasteiger partial charge in [-0.05, 0) is 32.4 Å². The molecule has 3 heterocycles. The molecule has 0 saturated carbocycles. The van der Waals surface area contributed by atoms with Gasteiger partial charge < -0.3 is 9.73 Å². The van der Waals surface area contributed by atoms with Crippen molar-refractivity contribution in [3.8, 4) is 6.01 Å². The van der Waals surface area contributed by atoms with Crippen molar-refractivity contribution in [1.29, 1.82) is 0 Å². The molecule has 5 heteroatoms. The van der Waals surface area contributed by atoms with Crippen molar-refractivity contribution >= 4 is 0 Å². The lowest BCUT2D eigenvalue weighted by molar-refractivity contribution is 0.503. The normalized spacial score (nSPS) is 15.1. The molecule has 2 aromatic heterocycles. The van der Waals surface area contributed by atoms with E-state index >= 15 is 0 Å². The Morgan fingerprint density at radius 2 is 2.31 bits per heavy atom. The number of oxazole rings is 1. The van der Waals surface area contributed by atoms with Gasteiger partial charge >= 0.3 is 6.01 Å². The van der Waals surface area contributed by atoms with Gasteiger partial charge in [-0.1, -0.05) is 0 Å². The van der Waals surface area contributed by atoms with Crippen molar-refractivity contribution in [2.75, 3.05) is 6.54 Å². The smallest absolute Gasteiger partial charge is 0.323 e. The van der Waals surface area contributed by atoms with E-state index in [4.69, 9.17) is 4.42 Å². The van der Waals surface area contributed by atoms with Gasteiger partial charge in [-0.2, -0.15) is 14.8 Å². The Bertz CT molecular complexity index is 526. The van der Waals surface area contributed by atoms with Crippen LogP contribution in [0.1, 0.15) is 22.6 Å². The average molecular weight is 218 g/mol. The SMILES string of the molecule is Cc1coc(-n2nc3c(c2C)CCNC3)n1. The van der Waals surface area contributed by atoms with Crippen LogP contribution in [0.4, 0.5) is 0 Å². The molecule has 84 valence electrons. The summed E-state index contributed by atoms with van der Waals surface area (Å²) >= 11 is 0. The summed E-state index contributed by atoms with van der Waals surface area (Å²) < 4.78 is 7.17. The molecule has 0 aromatic carbocycles. The summed E-state index contributed by atoms with van der Waals surface area (Å²) in [5.41, 5.74) is 4.45. The highest BCUT2D eigenvalue weighted by Crippen LogP contribution is 2.20. The molecule has 0 atom stereocenters. The highest BCUT2D eigenvalue weighted by Gasteiger charge is 2.20. The van der Waals surface area contributed by atoms with Crippen LogP contribution >= 0.6 is 0 Å². The zero-order valence-corrected chi connectivity index (χ0v) is 9.45. The predicted molar refractivity (Wildman–Crippen MR) is 58.5 cm³/mol. The van der Waals surface area contributed by atoms with Crippen molar-refractivity contribution in [1.82, 2.24) is 20.1 Å². The van der Waals surface area contributed by atoms with E-state index in [1.807, 2.05) is 6.92 Å². The zero-order valence-electron chi connectivity index (χ0n) is 9.45. The van der Waals surface area contributed by atoms with Gasteiger partial charge in [-0.3, -0.25) is 0 Å². The first-order valence-corrected chi connectivity index (χ1v) is 5.46. The molecule has 5 nitrogen and oxygen atoms in total. The van der Waals surface area contributed by atoms with E-state index in [1.165, 1.54) is 5.56 Å². The summed E-state index contributed by atoms with van der Waals surface area (Å²) in [4.78, 5) is 4.30. The first-order chi connectivity index (χ1) is 7.75. The van der Waals surface area contributed by atoms with Crippen LogP contribution in [0, 0.1) is 13.8 Å². The van der Waals surface area contributed by atoms with Gasteiger partial charge in [0.2, 0.25) is 0 Å². The summed E-state index contributed by atoms with van der Waals surface area (Å²) in [6, 6.07) is 0.560. The summed E-state index contributed by atoms with van der Waals surface area (Å²) in [6.45, 7) is 5.83. The standard InChI is InChI=1S/C11H14N4O/c1-7-6-16-11(13-7)15-8(2)9-3-4-12-5-10(9)14-15/h6,12H,3-5H2,1-2H3. The second kappa shape index (κ2) is 3.45. The van der Waals surface area contributed by atoms with Crippen LogP contribution < -0.4 is 5.32 Å². The maximum Gasteiger partial charge on any atom is 0.323 e. The third-order valence-electron chi connectivity index (χ3n) is 2.96. The van der Waals surface area contributed by atoms with Crippen LogP contribution in [0.25, 0.3) is 6.01 Å². The maximum absolute atomic E-state index is 5.38. The van der Waals surface area contributed by atoms with Gasteiger partial charge in [0.15, 0.2) is 0 Å². The number of rotatable bonds is 1. The summed E-state index contributed by atoms with van der Waals surface area (Å²) in [6.07, 6.45) is 2.68. The van der Waals surface area contributed by atoms with Gasteiger partial charge in [0.1, 0.15) is 6.26 Å². The fourth-order valence-corrected chi connectivity index (χ4v) is 2.11. The number of hydrogen-bond acceptors (Lipinski definition) is 4. The molecule has 1 aliphatic rings. The van der Waals surface area contributed by atoms with Crippen LogP contribution in [-0.2, 0) is 13.0 Å². The van der Waals surface area contributed by atoms with E-state index in [1.54, 1.807) is 10.9 Å². The van der Waals surface area contributed by atoms with Gasteiger partial charge in [0.25, 0.3) is 0 Å². The Hall–Kier alpha value is -1.62.